The maximum Gasteiger partial charge on any atom is 0.195 e. The summed E-state index contributed by atoms with van der Waals surface area (Å²) in [5, 5.41) is 13.8. The maximum atomic E-state index is 13.2. The third-order valence-electron chi connectivity index (χ3n) is 17.0. The molecule has 0 heterocycles. The van der Waals surface area contributed by atoms with Gasteiger partial charge in [0.25, 0.3) is 0 Å². The van der Waals surface area contributed by atoms with Crippen LogP contribution in [0.25, 0.3) is 64.6 Å². The van der Waals surface area contributed by atoms with Crippen LogP contribution in [0.3, 0.4) is 0 Å². The Hall–Kier alpha value is -6.79. The molecule has 0 aliphatic heterocycles. The van der Waals surface area contributed by atoms with Crippen LogP contribution in [0.4, 0.5) is 0 Å². The van der Waals surface area contributed by atoms with Crippen molar-refractivity contribution in [3.8, 4) is 34.9 Å². The van der Waals surface area contributed by atoms with Crippen LogP contribution in [0.1, 0.15) is 105 Å². The number of fused-ring (bicyclic) bond motifs is 12. The van der Waals surface area contributed by atoms with Crippen LogP contribution in [-0.2, 0) is 0 Å². The quantitative estimate of drug-likeness (QED) is 0.0625. The van der Waals surface area contributed by atoms with Crippen molar-refractivity contribution < 1.29 is 9.59 Å². The summed E-state index contributed by atoms with van der Waals surface area (Å²) in [5.74, 6) is 7.64. The largest absolute Gasteiger partial charge is 0.289 e. The van der Waals surface area contributed by atoms with Crippen molar-refractivity contribution >= 4 is 100 Å². The Balaban J connectivity index is 0.000000180. The highest BCUT2D eigenvalue weighted by molar-refractivity contribution is 6.88. The van der Waals surface area contributed by atoms with E-state index >= 15 is 0 Å². The standard InChI is InChI=1S/C38H42Si2.C22H12O2.C8H16Si/c1-7-39(8-2,9-3)27-25-35-33-23-21-30-18-14-16-20-32(30)38(33)36(26-28-40(10-4,11-5)12-6)34-24-22-29-17-13-15-19-31(29)37(34)35;23-21-18-12-10-14-6-2-4-8-16(14)20(18)22(24)17-11-9-13-5-1-3-7-15(13)19(17)21;1-5-9(6-2,7-3)8-4/h13-24H,7-12H2,1-6H3;1-12H;1H,6-8H2,2-4H3. The highest BCUT2D eigenvalue weighted by Gasteiger charge is 2.33. The number of ketones is 2. The van der Waals surface area contributed by atoms with Crippen molar-refractivity contribution in [2.24, 2.45) is 0 Å². The number of hydrogen-bond donors (Lipinski definition) is 0. The second kappa shape index (κ2) is 22.5. The summed E-state index contributed by atoms with van der Waals surface area (Å²) < 4.78 is 0. The molecule has 5 heteroatoms. The molecular weight excluding hydrogens is 933 g/mol. The SMILES string of the molecule is C#C[Si](CC)(CC)CC.CC[Si](C#Cc1c2ccc3ccccc3c2c(C#C[Si](CC)(CC)CC)c2ccc3ccccc3c12)(CC)CC.O=C1c2ccc3ccccc3c2C(=O)c2ccc3ccccc3c21. The zero-order valence-electron chi connectivity index (χ0n) is 44.6. The number of carbonyl (C=O) groups excluding carboxylic acids is 2. The molecule has 0 N–H and O–H groups in total. The Morgan fingerprint density at radius 3 is 0.932 bits per heavy atom. The van der Waals surface area contributed by atoms with Crippen molar-refractivity contribution in [1.82, 2.24) is 0 Å². The average Bonchev–Trinajstić information content (AvgIpc) is 3.45. The summed E-state index contributed by atoms with van der Waals surface area (Å²) in [7, 11) is -4.46. The van der Waals surface area contributed by atoms with Crippen LogP contribution in [0.15, 0.2) is 146 Å². The summed E-state index contributed by atoms with van der Waals surface area (Å²) in [6, 6.07) is 60.6. The summed E-state index contributed by atoms with van der Waals surface area (Å²) in [4.78, 5) is 26.3. The van der Waals surface area contributed by atoms with Gasteiger partial charge in [0.15, 0.2) is 11.6 Å². The third-order valence-corrected chi connectivity index (χ3v) is 31.1. The van der Waals surface area contributed by atoms with Gasteiger partial charge in [-0.05, 0) is 120 Å². The molecule has 1 aliphatic rings. The number of rotatable bonds is 9. The molecule has 9 aromatic rings. The first-order valence-corrected chi connectivity index (χ1v) is 34.8. The van der Waals surface area contributed by atoms with E-state index in [0.29, 0.717) is 22.3 Å². The molecule has 0 unspecified atom stereocenters. The molecule has 2 nitrogen and oxygen atoms in total. The molecule has 0 bridgehead atoms. The van der Waals surface area contributed by atoms with Gasteiger partial charge in [-0.15, -0.1) is 23.1 Å². The van der Waals surface area contributed by atoms with Crippen molar-refractivity contribution in [2.75, 3.05) is 0 Å². The lowest BCUT2D eigenvalue weighted by molar-refractivity contribution is 0.0981. The lowest BCUT2D eigenvalue weighted by atomic mass is 9.80. The molecule has 0 saturated heterocycles. The van der Waals surface area contributed by atoms with Gasteiger partial charge in [-0.25, -0.2) is 0 Å². The van der Waals surface area contributed by atoms with Crippen LogP contribution in [0.2, 0.25) is 54.4 Å². The molecule has 0 radical (unpaired) electrons. The third kappa shape index (κ3) is 9.78. The first-order valence-electron chi connectivity index (χ1n) is 26.9. The second-order valence-corrected chi connectivity index (χ2v) is 34.7. The van der Waals surface area contributed by atoms with E-state index in [2.05, 4.69) is 164 Å². The van der Waals surface area contributed by atoms with Gasteiger partial charge in [0.1, 0.15) is 24.2 Å². The topological polar surface area (TPSA) is 34.1 Å². The average molecular weight is 1000 g/mol. The Kier molecular flexibility index (Phi) is 16.2. The van der Waals surface area contributed by atoms with Gasteiger partial charge in [-0.2, -0.15) is 0 Å². The fraction of sp³-hybridized carbons (Fsp3) is 0.265. The zero-order valence-corrected chi connectivity index (χ0v) is 47.6. The molecule has 73 heavy (non-hydrogen) atoms. The van der Waals surface area contributed by atoms with Crippen LogP contribution in [0.5, 0.6) is 0 Å². The van der Waals surface area contributed by atoms with E-state index in [1.807, 2.05) is 60.7 Å². The van der Waals surface area contributed by atoms with Crippen LogP contribution < -0.4 is 0 Å². The molecule has 0 spiro atoms. The minimum absolute atomic E-state index is 0.0675. The van der Waals surface area contributed by atoms with Crippen molar-refractivity contribution in [2.45, 2.75) is 117 Å². The van der Waals surface area contributed by atoms with Crippen LogP contribution >= 0.6 is 0 Å². The van der Waals surface area contributed by atoms with E-state index in [1.165, 1.54) is 109 Å². The van der Waals surface area contributed by atoms with E-state index in [4.69, 9.17) is 6.42 Å². The fourth-order valence-corrected chi connectivity index (χ4v) is 18.1. The summed E-state index contributed by atoms with van der Waals surface area (Å²) in [5.41, 5.74) is 15.4. The molecule has 9 aromatic carbocycles. The van der Waals surface area contributed by atoms with Gasteiger partial charge < -0.3 is 0 Å². The van der Waals surface area contributed by atoms with Gasteiger partial charge in [-0.3, -0.25) is 9.59 Å². The summed E-state index contributed by atoms with van der Waals surface area (Å²) >= 11 is 0. The van der Waals surface area contributed by atoms with E-state index in [-0.39, 0.29) is 11.6 Å². The first kappa shape index (κ1) is 52.5. The molecule has 366 valence electrons. The predicted molar refractivity (Wildman–Crippen MR) is 325 cm³/mol. The van der Waals surface area contributed by atoms with Gasteiger partial charge in [-0.1, -0.05) is 208 Å². The highest BCUT2D eigenvalue weighted by atomic mass is 28.3. The smallest absolute Gasteiger partial charge is 0.195 e. The van der Waals surface area contributed by atoms with Crippen molar-refractivity contribution in [3.05, 3.63) is 179 Å². The maximum absolute atomic E-state index is 13.2. The molecule has 0 saturated carbocycles. The Morgan fingerprint density at radius 1 is 0.342 bits per heavy atom. The van der Waals surface area contributed by atoms with E-state index in [0.717, 1.165) is 21.5 Å². The highest BCUT2D eigenvalue weighted by Crippen LogP contribution is 2.41. The minimum atomic E-state index is -1.65. The van der Waals surface area contributed by atoms with Gasteiger partial charge in [0.2, 0.25) is 0 Å². The molecule has 0 fully saturated rings. The Bertz CT molecular complexity index is 3490. The van der Waals surface area contributed by atoms with E-state index in [1.54, 1.807) is 12.1 Å². The number of benzene rings is 9. The minimum Gasteiger partial charge on any atom is -0.289 e. The number of terminal acetylenes is 1. The van der Waals surface area contributed by atoms with Crippen LogP contribution in [0, 0.1) is 34.9 Å². The van der Waals surface area contributed by atoms with Crippen molar-refractivity contribution in [3.63, 3.8) is 0 Å². The summed E-state index contributed by atoms with van der Waals surface area (Å²) in [6.07, 6.45) is 5.45. The molecule has 1 aliphatic carbocycles. The number of hydrogen-bond acceptors (Lipinski definition) is 2. The van der Waals surface area contributed by atoms with Gasteiger partial charge in [0, 0.05) is 44.2 Å². The van der Waals surface area contributed by atoms with Crippen molar-refractivity contribution in [1.29, 1.82) is 0 Å². The normalized spacial score (nSPS) is 12.2. The van der Waals surface area contributed by atoms with Gasteiger partial charge >= 0.3 is 0 Å². The second-order valence-electron chi connectivity index (χ2n) is 19.9. The molecule has 0 amide bonds. The summed E-state index contributed by atoms with van der Waals surface area (Å²) in [6.45, 7) is 20.7. The van der Waals surface area contributed by atoms with Crippen LogP contribution in [-0.4, -0.2) is 35.8 Å². The predicted octanol–water partition coefficient (Wildman–Crippen LogP) is 18.5. The lowest BCUT2D eigenvalue weighted by Gasteiger charge is -2.21. The van der Waals surface area contributed by atoms with E-state index in [9.17, 15) is 9.59 Å². The molecule has 0 aromatic heterocycles. The monoisotopic (exact) mass is 1000 g/mol. The van der Waals surface area contributed by atoms with E-state index < -0.39 is 24.2 Å². The Labute approximate surface area is 438 Å². The molecule has 10 rings (SSSR count). The lowest BCUT2D eigenvalue weighted by Crippen LogP contribution is -2.29. The molecular formula is C68H70O2Si3. The first-order chi connectivity index (χ1) is 35.5. The zero-order chi connectivity index (χ0) is 51.9. The Morgan fingerprint density at radius 2 is 0.630 bits per heavy atom. The fourth-order valence-electron chi connectivity index (χ4n) is 11.2. The van der Waals surface area contributed by atoms with Gasteiger partial charge in [0.05, 0.1) is 0 Å². The molecule has 0 atom stereocenters. The number of carbonyl (C=O) groups is 2.